The van der Waals surface area contributed by atoms with E-state index in [0.29, 0.717) is 5.56 Å². The minimum absolute atomic E-state index is 0.123. The zero-order chi connectivity index (χ0) is 11.1. The highest BCUT2D eigenvalue weighted by atomic mass is 16.1. The lowest BCUT2D eigenvalue weighted by atomic mass is 10.1. The van der Waals surface area contributed by atoms with E-state index in [1.54, 1.807) is 12.1 Å². The second-order valence-electron chi connectivity index (χ2n) is 3.10. The van der Waals surface area contributed by atoms with Crippen LogP contribution in [0.5, 0.6) is 0 Å². The number of hydrogen-bond donors (Lipinski definition) is 0. The van der Waals surface area contributed by atoms with Crippen LogP contribution >= 0.6 is 0 Å². The Morgan fingerprint density at radius 2 is 1.80 bits per heavy atom. The topological polar surface area (TPSA) is 20.3 Å². The highest BCUT2D eigenvalue weighted by Crippen LogP contribution is 1.98. The summed E-state index contributed by atoms with van der Waals surface area (Å²) in [7, 11) is 0. The molecule has 0 atom stereocenters. The molecule has 0 N–H and O–H groups in total. The van der Waals surface area contributed by atoms with Gasteiger partial charge in [-0.05, 0) is 19.8 Å². The van der Waals surface area contributed by atoms with Gasteiger partial charge in [-0.1, -0.05) is 30.3 Å². The van der Waals surface area contributed by atoms with Crippen molar-refractivity contribution < 1.29 is 4.79 Å². The second kappa shape index (κ2) is 5.87. The number of benzene rings is 1. The van der Waals surface area contributed by atoms with Gasteiger partial charge in [0, 0.05) is 24.7 Å². The van der Waals surface area contributed by atoms with Gasteiger partial charge < -0.3 is 4.90 Å². The maximum atomic E-state index is 11.6. The van der Waals surface area contributed by atoms with E-state index in [1.165, 1.54) is 0 Å². The van der Waals surface area contributed by atoms with E-state index < -0.39 is 0 Å². The lowest BCUT2D eigenvalue weighted by Gasteiger charge is -2.10. The fourth-order valence-corrected chi connectivity index (χ4v) is 1.17. The monoisotopic (exact) mass is 201 g/mol. The van der Waals surface area contributed by atoms with Crippen molar-refractivity contribution in [2.45, 2.75) is 13.8 Å². The molecule has 0 aromatic heterocycles. The van der Waals surface area contributed by atoms with Crippen LogP contribution in [0, 0.1) is 12.0 Å². The smallest absolute Gasteiger partial charge is 0.237 e. The minimum atomic E-state index is -0.123. The summed E-state index contributed by atoms with van der Waals surface area (Å²) in [5.74, 6) is 2.52. The van der Waals surface area contributed by atoms with Crippen LogP contribution in [0.3, 0.4) is 0 Å². The van der Waals surface area contributed by atoms with Gasteiger partial charge in [-0.15, -0.1) is 0 Å². The molecule has 0 aliphatic heterocycles. The molecule has 1 rings (SSSR count). The van der Waals surface area contributed by atoms with E-state index in [-0.39, 0.29) is 5.78 Å². The summed E-state index contributed by atoms with van der Waals surface area (Å²) in [6, 6.07) is 12.0. The second-order valence-corrected chi connectivity index (χ2v) is 3.10. The molecule has 15 heavy (non-hydrogen) atoms. The average molecular weight is 201 g/mol. The van der Waals surface area contributed by atoms with Gasteiger partial charge in [-0.2, -0.15) is 0 Å². The molecule has 2 nitrogen and oxygen atoms in total. The molecule has 0 bridgehead atoms. The molecule has 0 aliphatic carbocycles. The molecule has 1 aromatic rings. The number of nitrogens with zero attached hydrogens (tertiary/aromatic N) is 1. The van der Waals surface area contributed by atoms with Crippen molar-refractivity contribution in [1.82, 2.24) is 4.90 Å². The van der Waals surface area contributed by atoms with Crippen molar-refractivity contribution in [1.29, 1.82) is 0 Å². The molecule has 0 amide bonds. The fourth-order valence-electron chi connectivity index (χ4n) is 1.17. The van der Waals surface area contributed by atoms with E-state index in [4.69, 9.17) is 0 Å². The average Bonchev–Trinajstić information content (AvgIpc) is 2.31. The van der Waals surface area contributed by atoms with Gasteiger partial charge in [-0.3, -0.25) is 4.79 Å². The van der Waals surface area contributed by atoms with E-state index in [0.717, 1.165) is 13.1 Å². The molecular formula is C13H15NO. The number of ketones is 1. The Bertz CT molecular complexity index is 369. The van der Waals surface area contributed by atoms with Crippen LogP contribution < -0.4 is 0 Å². The maximum absolute atomic E-state index is 11.6. The van der Waals surface area contributed by atoms with Gasteiger partial charge in [0.2, 0.25) is 5.78 Å². The fraction of sp³-hybridized carbons (Fsp3) is 0.308. The quantitative estimate of drug-likeness (QED) is 0.424. The Morgan fingerprint density at radius 1 is 1.20 bits per heavy atom. The van der Waals surface area contributed by atoms with Crippen molar-refractivity contribution in [3.8, 4) is 12.0 Å². The number of carbonyl (C=O) groups excluding carboxylic acids is 1. The zero-order valence-electron chi connectivity index (χ0n) is 9.16. The Morgan fingerprint density at radius 3 is 2.33 bits per heavy atom. The summed E-state index contributed by atoms with van der Waals surface area (Å²) in [6.07, 6.45) is 0. The Kier molecular flexibility index (Phi) is 4.43. The highest BCUT2D eigenvalue weighted by Gasteiger charge is 1.99. The molecule has 78 valence electrons. The Balaban J connectivity index is 2.71. The van der Waals surface area contributed by atoms with Gasteiger partial charge in [0.15, 0.2) is 0 Å². The van der Waals surface area contributed by atoms with Crippen LogP contribution in [0.25, 0.3) is 0 Å². The molecule has 0 heterocycles. The normalized spacial score (nSPS) is 8.93. The van der Waals surface area contributed by atoms with Gasteiger partial charge in [0.1, 0.15) is 0 Å². The summed E-state index contributed by atoms with van der Waals surface area (Å²) in [4.78, 5) is 13.5. The first-order valence-corrected chi connectivity index (χ1v) is 5.14. The van der Waals surface area contributed by atoms with Gasteiger partial charge in [-0.25, -0.2) is 0 Å². The highest BCUT2D eigenvalue weighted by molar-refractivity contribution is 6.08. The molecule has 0 spiro atoms. The molecule has 0 unspecified atom stereocenters. The Labute approximate surface area is 90.9 Å². The molecule has 0 radical (unpaired) electrons. The molecule has 1 aromatic carbocycles. The summed E-state index contributed by atoms with van der Waals surface area (Å²) < 4.78 is 0. The van der Waals surface area contributed by atoms with E-state index in [9.17, 15) is 4.79 Å². The van der Waals surface area contributed by atoms with Crippen molar-refractivity contribution >= 4 is 5.78 Å². The zero-order valence-corrected chi connectivity index (χ0v) is 9.16. The van der Waals surface area contributed by atoms with Crippen molar-refractivity contribution in [2.75, 3.05) is 13.1 Å². The number of Topliss-reactive ketones (excluding diaryl/α,β-unsaturated/α-hetero) is 1. The summed E-state index contributed by atoms with van der Waals surface area (Å²) in [5, 5.41) is 0. The molecule has 0 saturated carbocycles. The maximum Gasteiger partial charge on any atom is 0.237 e. The molecule has 0 aliphatic rings. The summed E-state index contributed by atoms with van der Waals surface area (Å²) in [5.41, 5.74) is 0.650. The third-order valence-electron chi connectivity index (χ3n) is 2.13. The van der Waals surface area contributed by atoms with E-state index >= 15 is 0 Å². The molecular weight excluding hydrogens is 186 g/mol. The summed E-state index contributed by atoms with van der Waals surface area (Å²) in [6.45, 7) is 5.72. The third-order valence-corrected chi connectivity index (χ3v) is 2.13. The van der Waals surface area contributed by atoms with E-state index in [2.05, 4.69) is 12.0 Å². The number of rotatable bonds is 3. The SMILES string of the molecule is CCN(C#CC(=O)c1ccccc1)CC. The lowest BCUT2D eigenvalue weighted by molar-refractivity contribution is 0.105. The largest absolute Gasteiger partial charge is 0.333 e. The molecule has 0 saturated heterocycles. The van der Waals surface area contributed by atoms with Crippen LogP contribution in [-0.4, -0.2) is 23.8 Å². The lowest BCUT2D eigenvalue weighted by Crippen LogP contribution is -2.16. The first kappa shape index (κ1) is 11.3. The predicted octanol–water partition coefficient (Wildman–Crippen LogP) is 2.17. The van der Waals surface area contributed by atoms with Crippen molar-refractivity contribution in [2.24, 2.45) is 0 Å². The standard InChI is InChI=1S/C13H15NO/c1-3-14(4-2)11-10-13(15)12-8-6-5-7-9-12/h5-9H,3-4H2,1-2H3. The van der Waals surface area contributed by atoms with E-state index in [1.807, 2.05) is 36.9 Å². The predicted molar refractivity (Wildman–Crippen MR) is 61.5 cm³/mol. The first-order chi connectivity index (χ1) is 7.27. The van der Waals surface area contributed by atoms with Gasteiger partial charge in [0.05, 0.1) is 0 Å². The van der Waals surface area contributed by atoms with Gasteiger partial charge in [0.25, 0.3) is 0 Å². The number of hydrogen-bond acceptors (Lipinski definition) is 2. The van der Waals surface area contributed by atoms with Gasteiger partial charge >= 0.3 is 0 Å². The number of carbonyl (C=O) groups is 1. The molecule has 0 fully saturated rings. The minimum Gasteiger partial charge on any atom is -0.333 e. The molecule has 2 heteroatoms. The van der Waals surface area contributed by atoms with Crippen LogP contribution in [0.1, 0.15) is 24.2 Å². The summed E-state index contributed by atoms with van der Waals surface area (Å²) >= 11 is 0. The van der Waals surface area contributed by atoms with Crippen LogP contribution in [0.15, 0.2) is 30.3 Å². The van der Waals surface area contributed by atoms with Crippen LogP contribution in [0.4, 0.5) is 0 Å². The third kappa shape index (κ3) is 3.47. The van der Waals surface area contributed by atoms with Crippen LogP contribution in [-0.2, 0) is 0 Å². The van der Waals surface area contributed by atoms with Crippen molar-refractivity contribution in [3.63, 3.8) is 0 Å². The Hall–Kier alpha value is -1.75. The van der Waals surface area contributed by atoms with Crippen LogP contribution in [0.2, 0.25) is 0 Å². The first-order valence-electron chi connectivity index (χ1n) is 5.14. The van der Waals surface area contributed by atoms with Crippen molar-refractivity contribution in [3.05, 3.63) is 35.9 Å².